The van der Waals surface area contributed by atoms with Crippen LogP contribution in [0.2, 0.25) is 0 Å². The summed E-state index contributed by atoms with van der Waals surface area (Å²) in [5.41, 5.74) is 8.78. The van der Waals surface area contributed by atoms with Crippen molar-refractivity contribution in [3.8, 4) is 22.8 Å². The Kier molecular flexibility index (Phi) is 5.51. The summed E-state index contributed by atoms with van der Waals surface area (Å²) in [4.78, 5) is 5.25. The molecule has 0 radical (unpaired) electrons. The van der Waals surface area contributed by atoms with Gasteiger partial charge in [0.05, 0.1) is 11.1 Å². The Morgan fingerprint density at radius 2 is 1.50 bits per heavy atom. The van der Waals surface area contributed by atoms with Crippen LogP contribution in [0.5, 0.6) is 11.5 Å². The molecule has 2 heterocycles. The van der Waals surface area contributed by atoms with Gasteiger partial charge in [-0.3, -0.25) is 4.98 Å². The normalized spacial score (nSPS) is 13.2. The van der Waals surface area contributed by atoms with E-state index in [0.717, 1.165) is 46.6 Å². The summed E-state index contributed by atoms with van der Waals surface area (Å²) in [5.74, 6) is 1.90. The first-order valence-electron chi connectivity index (χ1n) is 13.9. The van der Waals surface area contributed by atoms with E-state index < -0.39 is 0 Å². The Morgan fingerprint density at radius 3 is 2.21 bits per heavy atom. The lowest BCUT2D eigenvalue weighted by molar-refractivity contribution is 0.400. The minimum Gasteiger partial charge on any atom is -0.456 e. The maximum absolute atomic E-state index is 6.94. The van der Waals surface area contributed by atoms with Gasteiger partial charge < -0.3 is 4.74 Å². The number of hydrogen-bond acceptors (Lipinski definition) is 2. The smallest absolute Gasteiger partial charge is 0.163 e. The molecule has 1 aromatic heterocycles. The van der Waals surface area contributed by atoms with Gasteiger partial charge in [0.15, 0.2) is 7.85 Å². The monoisotopic (exact) mass is 497 g/mol. The summed E-state index contributed by atoms with van der Waals surface area (Å²) in [6.45, 7) is 16.0. The number of aromatic nitrogens is 1. The zero-order valence-corrected chi connectivity index (χ0v) is 24.4. The molecule has 0 aliphatic carbocycles. The number of rotatable bonds is 2. The van der Waals surface area contributed by atoms with Gasteiger partial charge in [-0.05, 0) is 80.8 Å². The standard InChI is InChI=1S/C34H37B2NO/c1-18-8-11-22-21(12-18)14-24-30-28-26(38-31(24)25(22)17-34(5,6)7)15-20-10-9-19(16-33(2,3)4)13-23(20)27(28)29(35)32(36)37-30/h8-15H,16-17,35-36H2,1-7H3. The number of benzene rings is 4. The van der Waals surface area contributed by atoms with E-state index >= 15 is 0 Å². The summed E-state index contributed by atoms with van der Waals surface area (Å²) < 4.78 is 6.94. The third kappa shape index (κ3) is 4.19. The lowest BCUT2D eigenvalue weighted by Crippen LogP contribution is -2.31. The van der Waals surface area contributed by atoms with Crippen molar-refractivity contribution in [2.24, 2.45) is 10.8 Å². The molecule has 0 saturated heterocycles. The second-order valence-corrected chi connectivity index (χ2v) is 13.9. The fourth-order valence-corrected chi connectivity index (χ4v) is 6.22. The summed E-state index contributed by atoms with van der Waals surface area (Å²) in [6, 6.07) is 18.3. The van der Waals surface area contributed by atoms with Crippen LogP contribution in [0.25, 0.3) is 43.6 Å². The van der Waals surface area contributed by atoms with Gasteiger partial charge in [-0.1, -0.05) is 89.0 Å². The van der Waals surface area contributed by atoms with Crippen molar-refractivity contribution < 1.29 is 4.74 Å². The molecule has 0 atom stereocenters. The van der Waals surface area contributed by atoms with E-state index in [1.807, 2.05) is 0 Å². The van der Waals surface area contributed by atoms with Crippen molar-refractivity contribution in [3.63, 3.8) is 0 Å². The van der Waals surface area contributed by atoms with Crippen LogP contribution >= 0.6 is 0 Å². The molecule has 1 aliphatic rings. The van der Waals surface area contributed by atoms with Crippen molar-refractivity contribution in [3.05, 3.63) is 65.2 Å². The predicted molar refractivity (Wildman–Crippen MR) is 170 cm³/mol. The van der Waals surface area contributed by atoms with Crippen LogP contribution in [0.3, 0.4) is 0 Å². The molecule has 190 valence electrons. The SMILES string of the molecule is Bc1nc2c3c(cc4ccc(CC(C)(C)C)cc4c3c1B)Oc1c-2cc2cc(C)ccc2c1CC(C)(C)C. The first-order valence-corrected chi connectivity index (χ1v) is 13.9. The number of ether oxygens (including phenoxy) is 1. The Morgan fingerprint density at radius 1 is 0.763 bits per heavy atom. The minimum atomic E-state index is 0.120. The molecule has 2 nitrogen and oxygen atoms in total. The number of fused-ring (bicyclic) bond motifs is 5. The molecule has 0 unspecified atom stereocenters. The van der Waals surface area contributed by atoms with E-state index in [4.69, 9.17) is 9.72 Å². The highest BCUT2D eigenvalue weighted by Gasteiger charge is 2.29. The fourth-order valence-electron chi connectivity index (χ4n) is 6.22. The van der Waals surface area contributed by atoms with E-state index in [-0.39, 0.29) is 10.8 Å². The first kappa shape index (κ1) is 25.0. The van der Waals surface area contributed by atoms with Crippen molar-refractivity contribution in [2.75, 3.05) is 0 Å². The van der Waals surface area contributed by atoms with Gasteiger partial charge >= 0.3 is 0 Å². The highest BCUT2D eigenvalue weighted by atomic mass is 16.5. The van der Waals surface area contributed by atoms with Crippen molar-refractivity contribution >= 4 is 59.1 Å². The van der Waals surface area contributed by atoms with E-state index in [2.05, 4.69) is 113 Å². The van der Waals surface area contributed by atoms with Crippen LogP contribution in [-0.2, 0) is 12.8 Å². The lowest BCUT2D eigenvalue weighted by atomic mass is 9.77. The Bertz CT molecular complexity index is 1790. The Hall–Kier alpha value is -3.26. The molecule has 0 saturated carbocycles. The van der Waals surface area contributed by atoms with Crippen LogP contribution < -0.4 is 15.8 Å². The van der Waals surface area contributed by atoms with E-state index in [1.54, 1.807) is 0 Å². The van der Waals surface area contributed by atoms with Gasteiger partial charge in [0.1, 0.15) is 19.3 Å². The third-order valence-electron chi connectivity index (χ3n) is 7.86. The first-order chi connectivity index (χ1) is 17.8. The maximum atomic E-state index is 6.94. The van der Waals surface area contributed by atoms with Gasteiger partial charge in [0, 0.05) is 11.1 Å². The van der Waals surface area contributed by atoms with Gasteiger partial charge in [0.25, 0.3) is 0 Å². The molecule has 1 aliphatic heterocycles. The van der Waals surface area contributed by atoms with Crippen LogP contribution in [-0.4, -0.2) is 20.7 Å². The van der Waals surface area contributed by atoms with E-state index in [9.17, 15) is 0 Å². The van der Waals surface area contributed by atoms with Gasteiger partial charge in [-0.15, -0.1) is 0 Å². The zero-order valence-electron chi connectivity index (χ0n) is 24.4. The second kappa shape index (κ2) is 8.37. The maximum Gasteiger partial charge on any atom is 0.163 e. The number of aryl methyl sites for hydroxylation is 1. The van der Waals surface area contributed by atoms with Crippen molar-refractivity contribution in [2.45, 2.75) is 61.3 Å². The summed E-state index contributed by atoms with van der Waals surface area (Å²) in [7, 11) is 4.37. The topological polar surface area (TPSA) is 22.1 Å². The molecule has 0 fully saturated rings. The predicted octanol–water partition coefficient (Wildman–Crippen LogP) is 6.32. The van der Waals surface area contributed by atoms with Crippen LogP contribution in [0.4, 0.5) is 0 Å². The van der Waals surface area contributed by atoms with Gasteiger partial charge in [0.2, 0.25) is 0 Å². The molecule has 6 rings (SSSR count). The zero-order chi connectivity index (χ0) is 27.1. The van der Waals surface area contributed by atoms with E-state index in [0.29, 0.717) is 0 Å². The molecule has 0 amide bonds. The molecule has 0 bridgehead atoms. The fraction of sp³-hybridized carbons (Fsp3) is 0.324. The number of hydrogen-bond donors (Lipinski definition) is 0. The number of pyridine rings is 1. The van der Waals surface area contributed by atoms with Crippen LogP contribution in [0.15, 0.2) is 48.5 Å². The van der Waals surface area contributed by atoms with Crippen molar-refractivity contribution in [1.29, 1.82) is 0 Å². The highest BCUT2D eigenvalue weighted by molar-refractivity contribution is 6.54. The van der Waals surface area contributed by atoms with Gasteiger partial charge in [-0.2, -0.15) is 0 Å². The van der Waals surface area contributed by atoms with Gasteiger partial charge in [-0.25, -0.2) is 0 Å². The van der Waals surface area contributed by atoms with Crippen molar-refractivity contribution in [1.82, 2.24) is 4.98 Å². The lowest BCUT2D eigenvalue weighted by Gasteiger charge is -2.29. The summed E-state index contributed by atoms with van der Waals surface area (Å²) >= 11 is 0. The Balaban J connectivity index is 1.72. The average Bonchev–Trinajstić information content (AvgIpc) is 2.80. The molecule has 5 aromatic rings. The molecule has 4 aromatic carbocycles. The average molecular weight is 497 g/mol. The van der Waals surface area contributed by atoms with Crippen LogP contribution in [0, 0.1) is 17.8 Å². The van der Waals surface area contributed by atoms with Crippen LogP contribution in [0.1, 0.15) is 58.2 Å². The van der Waals surface area contributed by atoms with E-state index in [1.165, 1.54) is 49.1 Å². The number of nitrogens with zero attached hydrogens (tertiary/aromatic N) is 1. The summed E-state index contributed by atoms with van der Waals surface area (Å²) in [5, 5.41) is 7.49. The molecule has 0 N–H and O–H groups in total. The largest absolute Gasteiger partial charge is 0.456 e. The highest BCUT2D eigenvalue weighted by Crippen LogP contribution is 2.51. The molecule has 0 spiro atoms. The minimum absolute atomic E-state index is 0.120. The molecule has 4 heteroatoms. The third-order valence-corrected chi connectivity index (χ3v) is 7.86. The Labute approximate surface area is 228 Å². The second-order valence-electron chi connectivity index (χ2n) is 13.9. The molecule has 38 heavy (non-hydrogen) atoms. The molecular formula is C34H37B2NO. The molecular weight excluding hydrogens is 460 g/mol. The summed E-state index contributed by atoms with van der Waals surface area (Å²) in [6.07, 6.45) is 1.98. The quantitative estimate of drug-likeness (QED) is 0.207.